The number of anilines is 1. The van der Waals surface area contributed by atoms with E-state index >= 15 is 4.39 Å². The number of aryl methyl sites for hydroxylation is 2. The Bertz CT molecular complexity index is 1190. The highest BCUT2D eigenvalue weighted by Gasteiger charge is 2.44. The maximum atomic E-state index is 15.4. The van der Waals surface area contributed by atoms with E-state index < -0.39 is 35.6 Å². The topological polar surface area (TPSA) is 87.4 Å². The van der Waals surface area contributed by atoms with E-state index in [-0.39, 0.29) is 48.2 Å². The molecule has 0 unspecified atom stereocenters. The van der Waals surface area contributed by atoms with Crippen molar-refractivity contribution in [2.45, 2.75) is 32.0 Å². The molecule has 1 amide bonds. The molecule has 8 nitrogen and oxygen atoms in total. The normalized spacial score (nSPS) is 15.4. The van der Waals surface area contributed by atoms with Crippen LogP contribution in [0.3, 0.4) is 0 Å². The van der Waals surface area contributed by atoms with Crippen LogP contribution < -0.4 is 4.90 Å². The summed E-state index contributed by atoms with van der Waals surface area (Å²) in [6.45, 7) is 1.25. The van der Waals surface area contributed by atoms with E-state index in [1.54, 1.807) is 25.1 Å². The number of nitrogens with zero attached hydrogens (tertiary/aromatic N) is 6. The van der Waals surface area contributed by atoms with Gasteiger partial charge in [-0.05, 0) is 30.2 Å². The molecule has 0 aliphatic carbocycles. The number of rotatable bonds is 5. The third kappa shape index (κ3) is 4.58. The van der Waals surface area contributed by atoms with Gasteiger partial charge in [-0.25, -0.2) is 32.6 Å². The molecular weight excluding hydrogens is 456 g/mol. The minimum atomic E-state index is -2.39. The third-order valence-corrected chi connectivity index (χ3v) is 5.79. The number of hydroxylamine groups is 2. The molecule has 1 N–H and O–H groups in total. The average Bonchev–Trinajstić information content (AvgIpc) is 3.11. The summed E-state index contributed by atoms with van der Waals surface area (Å²) in [5.41, 5.74) is -1.15. The molecule has 1 aromatic carbocycles. The Kier molecular flexibility index (Phi) is 6.26. The maximum absolute atomic E-state index is 15.4. The van der Waals surface area contributed by atoms with E-state index in [9.17, 15) is 23.2 Å². The fourth-order valence-corrected chi connectivity index (χ4v) is 4.02. The first-order chi connectivity index (χ1) is 16.1. The molecular formula is C22H22F4N6O2. The Labute approximate surface area is 192 Å². The highest BCUT2D eigenvalue weighted by molar-refractivity contribution is 5.84. The monoisotopic (exact) mass is 478 g/mol. The number of benzene rings is 1. The van der Waals surface area contributed by atoms with E-state index in [2.05, 4.69) is 15.1 Å². The van der Waals surface area contributed by atoms with Gasteiger partial charge in [-0.2, -0.15) is 5.10 Å². The summed E-state index contributed by atoms with van der Waals surface area (Å²) in [6, 6.07) is 2.54. The van der Waals surface area contributed by atoms with Crippen LogP contribution in [-0.4, -0.2) is 54.7 Å². The van der Waals surface area contributed by atoms with Crippen LogP contribution in [-0.2, 0) is 18.4 Å². The lowest BCUT2D eigenvalue weighted by Gasteiger charge is -2.36. The Balaban J connectivity index is 1.46. The van der Waals surface area contributed by atoms with E-state index in [1.165, 1.54) is 4.68 Å². The van der Waals surface area contributed by atoms with Gasteiger partial charge in [0.1, 0.15) is 17.3 Å². The smallest absolute Gasteiger partial charge is 0.284 e. The molecule has 1 saturated heterocycles. The van der Waals surface area contributed by atoms with Gasteiger partial charge in [0.15, 0.2) is 11.5 Å². The van der Waals surface area contributed by atoms with Crippen molar-refractivity contribution in [1.29, 1.82) is 0 Å². The summed E-state index contributed by atoms with van der Waals surface area (Å²) in [5.74, 6) is -3.42. The van der Waals surface area contributed by atoms with Crippen LogP contribution in [0.5, 0.6) is 0 Å². The SMILES string of the molecule is Cc1cnn(C)c1-c1nc(N2CCC(F)(C(=O)N(O)Cc3cc(F)cc(F)c3)CC2)ncc1F. The molecule has 4 rings (SSSR count). The predicted molar refractivity (Wildman–Crippen MR) is 113 cm³/mol. The molecule has 0 radical (unpaired) electrons. The lowest BCUT2D eigenvalue weighted by Crippen LogP contribution is -2.51. The summed E-state index contributed by atoms with van der Waals surface area (Å²) < 4.78 is 58.0. The highest BCUT2D eigenvalue weighted by Crippen LogP contribution is 2.32. The number of piperidine rings is 1. The Morgan fingerprint density at radius 2 is 1.79 bits per heavy atom. The van der Waals surface area contributed by atoms with Crippen molar-refractivity contribution in [1.82, 2.24) is 24.8 Å². The standard InChI is InChI=1S/C22H22F4N6O2/c1-13-10-28-30(2)19(13)18-17(25)11-27-21(29-18)31-5-3-22(26,4-6-31)20(33)32(34)12-14-7-15(23)9-16(24)8-14/h7-11,34H,3-6,12H2,1-2H3. The van der Waals surface area contributed by atoms with Crippen LogP contribution >= 0.6 is 0 Å². The number of hydrogen-bond acceptors (Lipinski definition) is 6. The van der Waals surface area contributed by atoms with Crippen molar-refractivity contribution in [3.8, 4) is 11.4 Å². The fraction of sp³-hybridized carbons (Fsp3) is 0.364. The maximum Gasteiger partial charge on any atom is 0.284 e. The van der Waals surface area contributed by atoms with E-state index in [0.29, 0.717) is 11.8 Å². The van der Waals surface area contributed by atoms with Crippen molar-refractivity contribution >= 4 is 11.9 Å². The van der Waals surface area contributed by atoms with Gasteiger partial charge in [0.25, 0.3) is 5.91 Å². The van der Waals surface area contributed by atoms with Crippen molar-refractivity contribution in [2.24, 2.45) is 7.05 Å². The Hall–Kier alpha value is -3.54. The quantitative estimate of drug-likeness (QED) is 0.344. The number of aromatic nitrogens is 4. The van der Waals surface area contributed by atoms with Gasteiger partial charge in [-0.15, -0.1) is 0 Å². The first kappa shape index (κ1) is 23.6. The van der Waals surface area contributed by atoms with Gasteiger partial charge in [0.05, 0.1) is 24.6 Å². The van der Waals surface area contributed by atoms with E-state index in [4.69, 9.17) is 0 Å². The largest absolute Gasteiger partial charge is 0.341 e. The molecule has 0 saturated carbocycles. The summed E-state index contributed by atoms with van der Waals surface area (Å²) in [4.78, 5) is 22.5. The molecule has 2 aromatic heterocycles. The Morgan fingerprint density at radius 1 is 1.15 bits per heavy atom. The van der Waals surface area contributed by atoms with Gasteiger partial charge in [0, 0.05) is 39.0 Å². The minimum Gasteiger partial charge on any atom is -0.341 e. The molecule has 3 aromatic rings. The van der Waals surface area contributed by atoms with Crippen LogP contribution in [0, 0.1) is 24.4 Å². The molecule has 1 aliphatic rings. The molecule has 3 heterocycles. The van der Waals surface area contributed by atoms with E-state index in [0.717, 1.165) is 23.9 Å². The third-order valence-electron chi connectivity index (χ3n) is 5.79. The average molecular weight is 478 g/mol. The molecule has 180 valence electrons. The van der Waals surface area contributed by atoms with Gasteiger partial charge in [-0.3, -0.25) is 14.7 Å². The number of carbonyl (C=O) groups is 1. The summed E-state index contributed by atoms with van der Waals surface area (Å²) in [6.07, 6.45) is 2.03. The molecule has 12 heteroatoms. The summed E-state index contributed by atoms with van der Waals surface area (Å²) in [7, 11) is 1.66. The van der Waals surface area contributed by atoms with Crippen molar-refractivity contribution < 1.29 is 27.6 Å². The first-order valence-corrected chi connectivity index (χ1v) is 10.5. The Morgan fingerprint density at radius 3 is 2.38 bits per heavy atom. The van der Waals surface area contributed by atoms with Crippen LogP contribution in [0.2, 0.25) is 0 Å². The van der Waals surface area contributed by atoms with Crippen molar-refractivity contribution in [2.75, 3.05) is 18.0 Å². The number of hydrogen-bond donors (Lipinski definition) is 1. The molecule has 0 spiro atoms. The zero-order valence-corrected chi connectivity index (χ0v) is 18.5. The minimum absolute atomic E-state index is 0.0212. The second kappa shape index (κ2) is 9.01. The molecule has 0 atom stereocenters. The number of alkyl halides is 1. The van der Waals surface area contributed by atoms with Crippen molar-refractivity contribution in [3.63, 3.8) is 0 Å². The highest BCUT2D eigenvalue weighted by atomic mass is 19.1. The van der Waals surface area contributed by atoms with Crippen LogP contribution in [0.15, 0.2) is 30.6 Å². The fourth-order valence-electron chi connectivity index (χ4n) is 4.02. The molecule has 1 fully saturated rings. The zero-order chi connectivity index (χ0) is 24.6. The van der Waals surface area contributed by atoms with Gasteiger partial charge in [-0.1, -0.05) is 0 Å². The van der Waals surface area contributed by atoms with Crippen LogP contribution in [0.1, 0.15) is 24.0 Å². The lowest BCUT2D eigenvalue weighted by molar-refractivity contribution is -0.183. The van der Waals surface area contributed by atoms with Crippen LogP contribution in [0.25, 0.3) is 11.4 Å². The predicted octanol–water partition coefficient (Wildman–Crippen LogP) is 3.33. The van der Waals surface area contributed by atoms with Gasteiger partial charge >= 0.3 is 0 Å². The summed E-state index contributed by atoms with van der Waals surface area (Å²) in [5, 5.41) is 14.3. The van der Waals surface area contributed by atoms with Gasteiger partial charge < -0.3 is 4.90 Å². The number of carbonyl (C=O) groups excluding carboxylic acids is 1. The lowest BCUT2D eigenvalue weighted by atomic mass is 9.92. The summed E-state index contributed by atoms with van der Waals surface area (Å²) >= 11 is 0. The zero-order valence-electron chi connectivity index (χ0n) is 18.5. The molecule has 1 aliphatic heterocycles. The van der Waals surface area contributed by atoms with E-state index in [1.807, 2.05) is 0 Å². The molecule has 34 heavy (non-hydrogen) atoms. The van der Waals surface area contributed by atoms with Gasteiger partial charge in [0.2, 0.25) is 5.95 Å². The van der Waals surface area contributed by atoms with Crippen molar-refractivity contribution in [3.05, 3.63) is 59.2 Å². The molecule has 0 bridgehead atoms. The van der Waals surface area contributed by atoms with Crippen LogP contribution in [0.4, 0.5) is 23.5 Å². The first-order valence-electron chi connectivity index (χ1n) is 10.5. The number of halogens is 4. The second-order valence-corrected chi connectivity index (χ2v) is 8.26. The number of amides is 1. The second-order valence-electron chi connectivity index (χ2n) is 8.26.